The Balaban J connectivity index is 1.44. The van der Waals surface area contributed by atoms with Crippen LogP contribution in [-0.2, 0) is 6.54 Å². The topological polar surface area (TPSA) is 53.7 Å². The normalized spacial score (nSPS) is 23.1. The van der Waals surface area contributed by atoms with Crippen molar-refractivity contribution in [3.05, 3.63) is 42.3 Å². The Labute approximate surface area is 155 Å². The smallest absolute Gasteiger partial charge is 0.226 e. The minimum Gasteiger partial charge on any atom is -0.444 e. The lowest BCUT2D eigenvalue weighted by molar-refractivity contribution is 0.299. The summed E-state index contributed by atoms with van der Waals surface area (Å²) in [6.07, 6.45) is 7.27. The average Bonchev–Trinajstić information content (AvgIpc) is 3.32. The van der Waals surface area contributed by atoms with E-state index < -0.39 is 0 Å². The molecule has 4 rings (SSSR count). The molecule has 2 unspecified atom stereocenters. The van der Waals surface area contributed by atoms with Crippen LogP contribution in [0.5, 0.6) is 0 Å². The van der Waals surface area contributed by atoms with E-state index in [0.717, 1.165) is 48.7 Å². The summed E-state index contributed by atoms with van der Waals surface area (Å²) in [4.78, 5) is 11.9. The van der Waals surface area contributed by atoms with Gasteiger partial charge in [-0.3, -0.25) is 0 Å². The van der Waals surface area contributed by atoms with Crippen LogP contribution in [0.3, 0.4) is 0 Å². The summed E-state index contributed by atoms with van der Waals surface area (Å²) < 4.78 is 5.63. The van der Waals surface area contributed by atoms with Gasteiger partial charge >= 0.3 is 0 Å². The molecule has 138 valence electrons. The highest BCUT2D eigenvalue weighted by Crippen LogP contribution is 2.36. The van der Waals surface area contributed by atoms with Crippen molar-refractivity contribution in [2.75, 3.05) is 19.6 Å². The number of oxazole rings is 1. The number of benzene rings is 1. The maximum atomic E-state index is 5.63. The molecular weight excluding hydrogens is 324 g/mol. The molecule has 5 heteroatoms. The van der Waals surface area contributed by atoms with Gasteiger partial charge in [0.25, 0.3) is 0 Å². The SMILES string of the molecule is CCNC(=NCc1coc(-c2ccccc2)n1)N1CC2CCCCC2C1. The zero-order chi connectivity index (χ0) is 17.8. The molecule has 1 saturated carbocycles. The first-order valence-electron chi connectivity index (χ1n) is 9.86. The fourth-order valence-corrected chi connectivity index (χ4v) is 4.25. The molecule has 2 aromatic rings. The summed E-state index contributed by atoms with van der Waals surface area (Å²) >= 11 is 0. The fraction of sp³-hybridized carbons (Fsp3) is 0.524. The zero-order valence-corrected chi connectivity index (χ0v) is 15.5. The van der Waals surface area contributed by atoms with Crippen molar-refractivity contribution < 1.29 is 4.42 Å². The lowest BCUT2D eigenvalue weighted by atomic mass is 9.82. The van der Waals surface area contributed by atoms with E-state index >= 15 is 0 Å². The first-order valence-corrected chi connectivity index (χ1v) is 9.86. The average molecular weight is 352 g/mol. The van der Waals surface area contributed by atoms with Crippen LogP contribution in [0.1, 0.15) is 38.3 Å². The Hall–Kier alpha value is -2.30. The number of aromatic nitrogens is 1. The Morgan fingerprint density at radius 1 is 1.19 bits per heavy atom. The molecule has 1 aromatic heterocycles. The summed E-state index contributed by atoms with van der Waals surface area (Å²) in [5, 5.41) is 3.46. The molecule has 1 aliphatic heterocycles. The predicted octanol–water partition coefficient (Wildman–Crippen LogP) is 3.93. The quantitative estimate of drug-likeness (QED) is 0.669. The van der Waals surface area contributed by atoms with Crippen LogP contribution in [0, 0.1) is 11.8 Å². The van der Waals surface area contributed by atoms with Crippen molar-refractivity contribution in [3.63, 3.8) is 0 Å². The standard InChI is InChI=1S/C21H28N4O/c1-2-22-21(25-13-17-10-6-7-11-18(17)14-25)23-12-19-15-26-20(24-19)16-8-4-3-5-9-16/h3-5,8-9,15,17-18H,2,6-7,10-14H2,1H3,(H,22,23). The van der Waals surface area contributed by atoms with Gasteiger partial charge < -0.3 is 14.6 Å². The first kappa shape index (κ1) is 17.1. The van der Waals surface area contributed by atoms with Gasteiger partial charge in [-0.25, -0.2) is 9.98 Å². The fourth-order valence-electron chi connectivity index (χ4n) is 4.25. The summed E-state index contributed by atoms with van der Waals surface area (Å²) in [7, 11) is 0. The highest BCUT2D eigenvalue weighted by Gasteiger charge is 2.35. The molecule has 1 N–H and O–H groups in total. The van der Waals surface area contributed by atoms with Gasteiger partial charge in [0, 0.05) is 25.2 Å². The van der Waals surface area contributed by atoms with Crippen molar-refractivity contribution >= 4 is 5.96 Å². The molecule has 1 saturated heterocycles. The summed E-state index contributed by atoms with van der Waals surface area (Å²) in [5.41, 5.74) is 1.87. The third-order valence-electron chi connectivity index (χ3n) is 5.57. The highest BCUT2D eigenvalue weighted by atomic mass is 16.3. The Morgan fingerprint density at radius 2 is 1.92 bits per heavy atom. The van der Waals surface area contributed by atoms with Crippen LogP contribution < -0.4 is 5.32 Å². The molecule has 26 heavy (non-hydrogen) atoms. The van der Waals surface area contributed by atoms with Crippen LogP contribution in [0.15, 0.2) is 46.0 Å². The van der Waals surface area contributed by atoms with Crippen LogP contribution in [0.4, 0.5) is 0 Å². The van der Waals surface area contributed by atoms with Gasteiger partial charge in [-0.1, -0.05) is 31.0 Å². The monoisotopic (exact) mass is 352 g/mol. The first-order chi connectivity index (χ1) is 12.8. The maximum Gasteiger partial charge on any atom is 0.226 e. The molecule has 5 nitrogen and oxygen atoms in total. The molecule has 1 aromatic carbocycles. The molecule has 0 spiro atoms. The number of hydrogen-bond donors (Lipinski definition) is 1. The molecule has 1 aliphatic carbocycles. The molecular formula is C21H28N4O. The largest absolute Gasteiger partial charge is 0.444 e. The molecule has 0 amide bonds. The second-order valence-electron chi connectivity index (χ2n) is 7.39. The van der Waals surface area contributed by atoms with E-state index in [4.69, 9.17) is 9.41 Å². The van der Waals surface area contributed by atoms with Gasteiger partial charge in [-0.05, 0) is 43.7 Å². The van der Waals surface area contributed by atoms with Crippen molar-refractivity contribution in [1.82, 2.24) is 15.2 Å². The van der Waals surface area contributed by atoms with Crippen LogP contribution in [0.2, 0.25) is 0 Å². The van der Waals surface area contributed by atoms with E-state index in [1.165, 1.54) is 25.7 Å². The number of nitrogens with one attached hydrogen (secondary N) is 1. The second-order valence-corrected chi connectivity index (χ2v) is 7.39. The van der Waals surface area contributed by atoms with Gasteiger partial charge in [-0.15, -0.1) is 0 Å². The second kappa shape index (κ2) is 7.94. The van der Waals surface area contributed by atoms with Gasteiger partial charge in [0.2, 0.25) is 5.89 Å². The zero-order valence-electron chi connectivity index (χ0n) is 15.5. The Kier molecular flexibility index (Phi) is 5.23. The lowest BCUT2D eigenvalue weighted by Crippen LogP contribution is -2.40. The summed E-state index contributed by atoms with van der Waals surface area (Å²) in [5.74, 6) is 3.38. The number of guanidine groups is 1. The predicted molar refractivity (Wildman–Crippen MR) is 104 cm³/mol. The number of nitrogens with zero attached hydrogens (tertiary/aromatic N) is 3. The number of rotatable bonds is 4. The van der Waals surface area contributed by atoms with Crippen LogP contribution in [0.25, 0.3) is 11.5 Å². The lowest BCUT2D eigenvalue weighted by Gasteiger charge is -2.22. The number of fused-ring (bicyclic) bond motifs is 1. The van der Waals surface area contributed by atoms with Crippen LogP contribution in [-0.4, -0.2) is 35.5 Å². The van der Waals surface area contributed by atoms with Gasteiger partial charge in [0.1, 0.15) is 12.0 Å². The van der Waals surface area contributed by atoms with Crippen molar-refractivity contribution in [2.45, 2.75) is 39.2 Å². The number of aliphatic imine (C=N–C) groups is 1. The molecule has 2 aliphatic rings. The van der Waals surface area contributed by atoms with E-state index in [2.05, 4.69) is 22.1 Å². The van der Waals surface area contributed by atoms with E-state index in [1.807, 2.05) is 30.3 Å². The van der Waals surface area contributed by atoms with E-state index in [0.29, 0.717) is 12.4 Å². The minimum atomic E-state index is 0.546. The van der Waals surface area contributed by atoms with Crippen molar-refractivity contribution in [1.29, 1.82) is 0 Å². The van der Waals surface area contributed by atoms with Gasteiger partial charge in [0.05, 0.1) is 6.54 Å². The third kappa shape index (κ3) is 3.76. The molecule has 2 fully saturated rings. The van der Waals surface area contributed by atoms with E-state index in [-0.39, 0.29) is 0 Å². The molecule has 2 atom stereocenters. The third-order valence-corrected chi connectivity index (χ3v) is 5.57. The summed E-state index contributed by atoms with van der Waals surface area (Å²) in [6, 6.07) is 10.00. The van der Waals surface area contributed by atoms with Crippen LogP contribution >= 0.6 is 0 Å². The van der Waals surface area contributed by atoms with Crippen molar-refractivity contribution in [3.8, 4) is 11.5 Å². The maximum absolute atomic E-state index is 5.63. The minimum absolute atomic E-state index is 0.546. The Bertz CT molecular complexity index is 725. The van der Waals surface area contributed by atoms with Gasteiger partial charge in [0.15, 0.2) is 5.96 Å². The van der Waals surface area contributed by atoms with Crippen molar-refractivity contribution in [2.24, 2.45) is 16.8 Å². The molecule has 2 heterocycles. The Morgan fingerprint density at radius 3 is 2.62 bits per heavy atom. The highest BCUT2D eigenvalue weighted by molar-refractivity contribution is 5.80. The number of hydrogen-bond acceptors (Lipinski definition) is 3. The number of likely N-dealkylation sites (tertiary alicyclic amines) is 1. The van der Waals surface area contributed by atoms with E-state index in [9.17, 15) is 0 Å². The molecule has 0 bridgehead atoms. The van der Waals surface area contributed by atoms with E-state index in [1.54, 1.807) is 6.26 Å². The summed E-state index contributed by atoms with van der Waals surface area (Å²) in [6.45, 7) is 5.85. The molecule has 0 radical (unpaired) electrons. The van der Waals surface area contributed by atoms with Gasteiger partial charge in [-0.2, -0.15) is 0 Å².